The Morgan fingerprint density at radius 2 is 1.94 bits per heavy atom. The maximum atomic E-state index is 10.4. The van der Waals surface area contributed by atoms with E-state index in [4.69, 9.17) is 4.42 Å². The second-order valence-corrected chi connectivity index (χ2v) is 4.86. The standard InChI is InChI=1S/C14H15BrO2/c1-2-11(10-6-4-3-5-7-10)13(16)14-12(15)8-9-17-14/h3-9,11,13,16H,2H2,1H3. The minimum Gasteiger partial charge on any atom is -0.465 e. The average molecular weight is 295 g/mol. The fourth-order valence-corrected chi connectivity index (χ4v) is 2.48. The van der Waals surface area contributed by atoms with Gasteiger partial charge in [-0.1, -0.05) is 37.3 Å². The van der Waals surface area contributed by atoms with Crippen LogP contribution >= 0.6 is 15.9 Å². The highest BCUT2D eigenvalue weighted by Gasteiger charge is 2.25. The number of hydrogen-bond acceptors (Lipinski definition) is 2. The summed E-state index contributed by atoms with van der Waals surface area (Å²) in [6.07, 6.45) is 1.82. The largest absolute Gasteiger partial charge is 0.465 e. The van der Waals surface area contributed by atoms with Crippen LogP contribution in [-0.2, 0) is 0 Å². The van der Waals surface area contributed by atoms with Gasteiger partial charge in [-0.3, -0.25) is 0 Å². The van der Waals surface area contributed by atoms with Gasteiger partial charge in [0.05, 0.1) is 10.7 Å². The van der Waals surface area contributed by atoms with Gasteiger partial charge in [0.15, 0.2) is 0 Å². The molecule has 0 aliphatic carbocycles. The van der Waals surface area contributed by atoms with Gasteiger partial charge in [-0.25, -0.2) is 0 Å². The van der Waals surface area contributed by atoms with E-state index in [1.165, 1.54) is 0 Å². The summed E-state index contributed by atoms with van der Waals surface area (Å²) in [6.45, 7) is 2.07. The van der Waals surface area contributed by atoms with E-state index in [9.17, 15) is 5.11 Å². The summed E-state index contributed by atoms with van der Waals surface area (Å²) in [5.74, 6) is 0.652. The summed E-state index contributed by atoms with van der Waals surface area (Å²) >= 11 is 3.38. The van der Waals surface area contributed by atoms with Gasteiger partial charge in [0, 0.05) is 5.92 Å². The van der Waals surface area contributed by atoms with Gasteiger partial charge >= 0.3 is 0 Å². The number of hydrogen-bond donors (Lipinski definition) is 1. The zero-order valence-electron chi connectivity index (χ0n) is 9.64. The van der Waals surface area contributed by atoms with Crippen LogP contribution in [0.4, 0.5) is 0 Å². The number of rotatable bonds is 4. The molecule has 0 fully saturated rings. The van der Waals surface area contributed by atoms with Crippen molar-refractivity contribution in [2.45, 2.75) is 25.4 Å². The molecule has 1 heterocycles. The molecule has 90 valence electrons. The van der Waals surface area contributed by atoms with Crippen LogP contribution in [0.15, 0.2) is 51.6 Å². The van der Waals surface area contributed by atoms with Gasteiger partial charge in [0.2, 0.25) is 0 Å². The number of benzene rings is 1. The molecule has 2 rings (SSSR count). The third-order valence-electron chi connectivity index (χ3n) is 2.96. The van der Waals surface area contributed by atoms with Crippen LogP contribution in [-0.4, -0.2) is 5.11 Å². The number of halogens is 1. The van der Waals surface area contributed by atoms with Crippen LogP contribution in [0.2, 0.25) is 0 Å². The van der Waals surface area contributed by atoms with Gasteiger partial charge in [0.1, 0.15) is 11.9 Å². The monoisotopic (exact) mass is 294 g/mol. The Morgan fingerprint density at radius 1 is 1.24 bits per heavy atom. The summed E-state index contributed by atoms with van der Waals surface area (Å²) in [4.78, 5) is 0. The topological polar surface area (TPSA) is 33.4 Å². The quantitative estimate of drug-likeness (QED) is 0.913. The molecule has 0 bridgehead atoms. The summed E-state index contributed by atoms with van der Waals surface area (Å²) in [7, 11) is 0. The predicted molar refractivity (Wildman–Crippen MR) is 70.8 cm³/mol. The van der Waals surface area contributed by atoms with Crippen molar-refractivity contribution in [3.63, 3.8) is 0 Å². The normalized spacial score (nSPS) is 14.5. The van der Waals surface area contributed by atoms with Crippen molar-refractivity contribution >= 4 is 15.9 Å². The highest BCUT2D eigenvalue weighted by molar-refractivity contribution is 9.10. The maximum Gasteiger partial charge on any atom is 0.147 e. The molecule has 1 aromatic carbocycles. The lowest BCUT2D eigenvalue weighted by Crippen LogP contribution is -2.09. The first-order valence-corrected chi connectivity index (χ1v) is 6.49. The van der Waals surface area contributed by atoms with E-state index < -0.39 is 6.10 Å². The molecule has 17 heavy (non-hydrogen) atoms. The lowest BCUT2D eigenvalue weighted by Gasteiger charge is -2.20. The van der Waals surface area contributed by atoms with Crippen LogP contribution in [0.5, 0.6) is 0 Å². The summed E-state index contributed by atoms with van der Waals surface area (Å²) in [6, 6.07) is 11.8. The number of aliphatic hydroxyl groups excluding tert-OH is 1. The minimum absolute atomic E-state index is 0.0543. The fourth-order valence-electron chi connectivity index (χ4n) is 2.04. The van der Waals surface area contributed by atoms with E-state index in [0.717, 1.165) is 16.5 Å². The van der Waals surface area contributed by atoms with E-state index in [1.54, 1.807) is 12.3 Å². The minimum atomic E-state index is -0.619. The van der Waals surface area contributed by atoms with E-state index in [2.05, 4.69) is 22.9 Å². The molecular weight excluding hydrogens is 280 g/mol. The summed E-state index contributed by atoms with van der Waals surface area (Å²) in [5.41, 5.74) is 1.13. The number of furan rings is 1. The van der Waals surface area contributed by atoms with Crippen molar-refractivity contribution in [2.24, 2.45) is 0 Å². The van der Waals surface area contributed by atoms with Gasteiger partial charge in [0.25, 0.3) is 0 Å². The molecule has 2 aromatic rings. The molecule has 0 amide bonds. The molecule has 2 nitrogen and oxygen atoms in total. The molecule has 3 heteroatoms. The number of aliphatic hydroxyl groups is 1. The van der Waals surface area contributed by atoms with Crippen LogP contribution < -0.4 is 0 Å². The molecule has 1 N–H and O–H groups in total. The van der Waals surface area contributed by atoms with Gasteiger partial charge in [-0.15, -0.1) is 0 Å². The molecule has 2 unspecified atom stereocenters. The average Bonchev–Trinajstić information content (AvgIpc) is 2.77. The molecule has 0 aliphatic rings. The van der Waals surface area contributed by atoms with E-state index >= 15 is 0 Å². The molecular formula is C14H15BrO2. The van der Waals surface area contributed by atoms with Crippen molar-refractivity contribution in [1.82, 2.24) is 0 Å². The third-order valence-corrected chi connectivity index (χ3v) is 3.62. The first-order valence-electron chi connectivity index (χ1n) is 5.70. The van der Waals surface area contributed by atoms with Crippen molar-refractivity contribution in [1.29, 1.82) is 0 Å². The maximum absolute atomic E-state index is 10.4. The lowest BCUT2D eigenvalue weighted by molar-refractivity contribution is 0.116. The highest BCUT2D eigenvalue weighted by atomic mass is 79.9. The Morgan fingerprint density at radius 3 is 2.47 bits per heavy atom. The Kier molecular flexibility index (Phi) is 4.02. The van der Waals surface area contributed by atoms with Crippen molar-refractivity contribution < 1.29 is 9.52 Å². The lowest BCUT2D eigenvalue weighted by atomic mass is 9.90. The van der Waals surface area contributed by atoms with Crippen LogP contribution in [0.25, 0.3) is 0 Å². The van der Waals surface area contributed by atoms with Crippen LogP contribution in [0.3, 0.4) is 0 Å². The van der Waals surface area contributed by atoms with Gasteiger partial charge in [-0.2, -0.15) is 0 Å². The highest BCUT2D eigenvalue weighted by Crippen LogP contribution is 2.36. The van der Waals surface area contributed by atoms with Gasteiger partial charge < -0.3 is 9.52 Å². The van der Waals surface area contributed by atoms with Crippen LogP contribution in [0, 0.1) is 0 Å². The van der Waals surface area contributed by atoms with E-state index in [-0.39, 0.29) is 5.92 Å². The van der Waals surface area contributed by atoms with Crippen molar-refractivity contribution in [3.05, 3.63) is 58.5 Å². The molecule has 0 aliphatic heterocycles. The van der Waals surface area contributed by atoms with Crippen molar-refractivity contribution in [2.75, 3.05) is 0 Å². The Balaban J connectivity index is 2.28. The second kappa shape index (κ2) is 5.52. The molecule has 0 saturated carbocycles. The first kappa shape index (κ1) is 12.4. The van der Waals surface area contributed by atoms with E-state index in [1.807, 2.05) is 30.3 Å². The molecule has 0 saturated heterocycles. The zero-order chi connectivity index (χ0) is 12.3. The third kappa shape index (κ3) is 2.61. The summed E-state index contributed by atoms with van der Waals surface area (Å²) in [5, 5.41) is 10.4. The Labute approximate surface area is 109 Å². The fraction of sp³-hybridized carbons (Fsp3) is 0.286. The van der Waals surface area contributed by atoms with E-state index in [0.29, 0.717) is 5.76 Å². The van der Waals surface area contributed by atoms with Crippen molar-refractivity contribution in [3.8, 4) is 0 Å². The molecule has 0 spiro atoms. The van der Waals surface area contributed by atoms with Crippen LogP contribution in [0.1, 0.15) is 36.7 Å². The Bertz CT molecular complexity index is 464. The first-order chi connectivity index (χ1) is 8.24. The second-order valence-electron chi connectivity index (χ2n) is 4.00. The Hall–Kier alpha value is -1.06. The molecule has 2 atom stereocenters. The predicted octanol–water partition coefficient (Wildman–Crippen LogP) is 4.27. The SMILES string of the molecule is CCC(c1ccccc1)C(O)c1occc1Br. The smallest absolute Gasteiger partial charge is 0.147 e. The molecule has 1 aromatic heterocycles. The van der Waals surface area contributed by atoms with Gasteiger partial charge in [-0.05, 0) is 34.0 Å². The summed E-state index contributed by atoms with van der Waals surface area (Å²) < 4.78 is 6.15. The zero-order valence-corrected chi connectivity index (χ0v) is 11.2. The molecule has 0 radical (unpaired) electrons.